The van der Waals surface area contributed by atoms with Crippen molar-refractivity contribution < 1.29 is 25.5 Å². The fourth-order valence-corrected chi connectivity index (χ4v) is 7.56. The highest BCUT2D eigenvalue weighted by atomic mass is 16.4. The van der Waals surface area contributed by atoms with Gasteiger partial charge in [0.2, 0.25) is 17.2 Å². The summed E-state index contributed by atoms with van der Waals surface area (Å²) in [6.07, 6.45) is 0. The Bertz CT molecular complexity index is 2730. The van der Waals surface area contributed by atoms with Gasteiger partial charge >= 0.3 is 0 Å². The van der Waals surface area contributed by atoms with Gasteiger partial charge in [0, 0.05) is 5.56 Å². The van der Waals surface area contributed by atoms with Gasteiger partial charge in [-0.2, -0.15) is 0 Å². The van der Waals surface area contributed by atoms with Crippen molar-refractivity contribution >= 4 is 53.9 Å². The maximum atomic E-state index is 11.0. The summed E-state index contributed by atoms with van der Waals surface area (Å²) in [5.41, 5.74) is 4.42. The monoisotopic (exact) mass is 636 g/mol. The Kier molecular flexibility index (Phi) is 6.20. The lowest BCUT2D eigenvalue weighted by Gasteiger charge is -2.20. The van der Waals surface area contributed by atoms with Crippen LogP contribution in [0.3, 0.4) is 0 Å². The zero-order chi connectivity index (χ0) is 33.4. The van der Waals surface area contributed by atoms with E-state index in [1.807, 2.05) is 48.5 Å². The molecule has 0 saturated carbocycles. The van der Waals surface area contributed by atoms with Gasteiger partial charge in [-0.3, -0.25) is 0 Å². The summed E-state index contributed by atoms with van der Waals surface area (Å²) in [7, 11) is 0. The average Bonchev–Trinajstić information content (AvgIpc) is 3.15. The molecule has 9 aromatic carbocycles. The number of fused-ring (bicyclic) bond motifs is 7. The minimum absolute atomic E-state index is 0.168. The van der Waals surface area contributed by atoms with Crippen LogP contribution in [0.25, 0.3) is 87.2 Å². The van der Waals surface area contributed by atoms with Gasteiger partial charge in [-0.05, 0) is 82.2 Å². The summed E-state index contributed by atoms with van der Waals surface area (Å²) in [4.78, 5) is 0. The molecule has 0 aromatic heterocycles. The lowest BCUT2D eigenvalue weighted by atomic mass is 9.84. The third-order valence-corrected chi connectivity index (χ3v) is 9.78. The second-order valence-corrected chi connectivity index (χ2v) is 12.4. The lowest BCUT2D eigenvalue weighted by molar-refractivity contribution is 0.330. The van der Waals surface area contributed by atoms with Gasteiger partial charge in [0.25, 0.3) is 0 Å². The van der Waals surface area contributed by atoms with Crippen LogP contribution in [0.15, 0.2) is 140 Å². The molecule has 0 aliphatic carbocycles. The van der Waals surface area contributed by atoms with Crippen LogP contribution in [0.4, 0.5) is 0 Å². The first-order valence-electron chi connectivity index (χ1n) is 16.0. The van der Waals surface area contributed by atoms with Crippen LogP contribution in [0.1, 0.15) is 0 Å². The fourth-order valence-electron chi connectivity index (χ4n) is 7.56. The molecule has 0 aliphatic rings. The van der Waals surface area contributed by atoms with E-state index in [0.717, 1.165) is 33.0 Å². The smallest absolute Gasteiger partial charge is 0.208 e. The number of hydrogen-bond donors (Lipinski definition) is 5. The lowest BCUT2D eigenvalue weighted by Crippen LogP contribution is -1.92. The maximum absolute atomic E-state index is 11.0. The number of aromatic hydroxyl groups is 5. The van der Waals surface area contributed by atoms with Gasteiger partial charge in [0.05, 0.1) is 5.56 Å². The normalized spacial score (nSPS) is 11.7. The summed E-state index contributed by atoms with van der Waals surface area (Å²) in [5.74, 6) is -4.26. The van der Waals surface area contributed by atoms with E-state index in [2.05, 4.69) is 91.0 Å². The average molecular weight is 637 g/mol. The van der Waals surface area contributed by atoms with Crippen molar-refractivity contribution in [2.24, 2.45) is 0 Å². The van der Waals surface area contributed by atoms with E-state index in [4.69, 9.17) is 0 Å². The quantitative estimate of drug-likeness (QED) is 0.0575. The maximum Gasteiger partial charge on any atom is 0.208 e. The van der Waals surface area contributed by atoms with Crippen molar-refractivity contribution in [2.45, 2.75) is 0 Å². The van der Waals surface area contributed by atoms with E-state index in [9.17, 15) is 25.5 Å². The molecule has 5 nitrogen and oxygen atoms in total. The van der Waals surface area contributed by atoms with Crippen LogP contribution in [-0.4, -0.2) is 25.5 Å². The number of phenols is 5. The SMILES string of the molecule is Oc1c(O)c(O)c(-c2c3ccccc3c(-c3ccc(-c4cc5ccc6ccccc6c5c5ccccc45)cc3)c3ccccc23)c(O)c1O. The van der Waals surface area contributed by atoms with E-state index in [-0.39, 0.29) is 5.56 Å². The second-order valence-electron chi connectivity index (χ2n) is 12.4. The van der Waals surface area contributed by atoms with Gasteiger partial charge in [-0.25, -0.2) is 0 Å². The molecule has 5 heteroatoms. The molecule has 5 N–H and O–H groups in total. The van der Waals surface area contributed by atoms with Gasteiger partial charge in [-0.15, -0.1) is 0 Å². The first-order chi connectivity index (χ1) is 23.9. The van der Waals surface area contributed by atoms with Crippen LogP contribution in [0.2, 0.25) is 0 Å². The molecule has 234 valence electrons. The summed E-state index contributed by atoms with van der Waals surface area (Å²) in [6, 6.07) is 47.5. The third-order valence-electron chi connectivity index (χ3n) is 9.78. The predicted molar refractivity (Wildman–Crippen MR) is 199 cm³/mol. The molecule has 0 atom stereocenters. The minimum Gasteiger partial charge on any atom is -0.504 e. The minimum atomic E-state index is -0.989. The van der Waals surface area contributed by atoms with E-state index < -0.39 is 28.7 Å². The van der Waals surface area contributed by atoms with Crippen LogP contribution in [-0.2, 0) is 0 Å². The molecule has 0 saturated heterocycles. The zero-order valence-electron chi connectivity index (χ0n) is 26.0. The molecule has 0 spiro atoms. The summed E-state index contributed by atoms with van der Waals surface area (Å²) < 4.78 is 0. The first-order valence-corrected chi connectivity index (χ1v) is 16.0. The Morgan fingerprint density at radius 1 is 0.286 bits per heavy atom. The van der Waals surface area contributed by atoms with Crippen LogP contribution < -0.4 is 0 Å². The van der Waals surface area contributed by atoms with Crippen molar-refractivity contribution in [3.63, 3.8) is 0 Å². The van der Waals surface area contributed by atoms with E-state index in [1.54, 1.807) is 0 Å². The third kappa shape index (κ3) is 4.12. The fraction of sp³-hybridized carbons (Fsp3) is 0. The summed E-state index contributed by atoms with van der Waals surface area (Å²) in [6.45, 7) is 0. The molecule has 0 unspecified atom stereocenters. The Morgan fingerprint density at radius 2 is 0.714 bits per heavy atom. The summed E-state index contributed by atoms with van der Waals surface area (Å²) in [5, 5.41) is 63.3. The topological polar surface area (TPSA) is 101 Å². The number of rotatable bonds is 3. The number of phenolic OH excluding ortho intramolecular Hbond substituents is 5. The van der Waals surface area contributed by atoms with E-state index in [0.29, 0.717) is 16.3 Å². The Labute approximate surface area is 280 Å². The van der Waals surface area contributed by atoms with Crippen molar-refractivity contribution in [1.29, 1.82) is 0 Å². The highest BCUT2D eigenvalue weighted by Gasteiger charge is 2.28. The molecule has 0 bridgehead atoms. The van der Waals surface area contributed by atoms with Crippen LogP contribution in [0.5, 0.6) is 28.7 Å². The molecule has 0 fully saturated rings. The molecular formula is C44H28O5. The van der Waals surface area contributed by atoms with Gasteiger partial charge in [0.15, 0.2) is 11.5 Å². The van der Waals surface area contributed by atoms with Crippen molar-refractivity contribution in [2.75, 3.05) is 0 Å². The molecule has 9 aromatic rings. The molecule has 9 rings (SSSR count). The largest absolute Gasteiger partial charge is 0.504 e. The molecule has 49 heavy (non-hydrogen) atoms. The molecule has 0 amide bonds. The Hall–Kier alpha value is -6.72. The number of benzene rings is 9. The zero-order valence-corrected chi connectivity index (χ0v) is 26.0. The Morgan fingerprint density at radius 3 is 1.31 bits per heavy atom. The van der Waals surface area contributed by atoms with Crippen molar-refractivity contribution in [3.8, 4) is 62.1 Å². The van der Waals surface area contributed by atoms with Crippen LogP contribution in [0, 0.1) is 0 Å². The van der Waals surface area contributed by atoms with Gasteiger partial charge in [0.1, 0.15) is 0 Å². The molecule has 0 radical (unpaired) electrons. The van der Waals surface area contributed by atoms with Gasteiger partial charge < -0.3 is 25.5 Å². The second kappa shape index (κ2) is 10.7. The molecule has 0 heterocycles. The Balaban J connectivity index is 1.27. The van der Waals surface area contributed by atoms with Crippen molar-refractivity contribution in [3.05, 3.63) is 140 Å². The highest BCUT2D eigenvalue weighted by Crippen LogP contribution is 2.57. The molecule has 0 aliphatic heterocycles. The summed E-state index contributed by atoms with van der Waals surface area (Å²) >= 11 is 0. The van der Waals surface area contributed by atoms with Crippen LogP contribution >= 0.6 is 0 Å². The van der Waals surface area contributed by atoms with Gasteiger partial charge in [-0.1, -0.05) is 133 Å². The highest BCUT2D eigenvalue weighted by molar-refractivity contribution is 6.24. The molecular weight excluding hydrogens is 608 g/mol. The van der Waals surface area contributed by atoms with E-state index in [1.165, 1.54) is 32.3 Å². The predicted octanol–water partition coefficient (Wildman–Crippen LogP) is 11.0. The van der Waals surface area contributed by atoms with E-state index >= 15 is 0 Å². The first kappa shape index (κ1) is 28.5. The van der Waals surface area contributed by atoms with Crippen molar-refractivity contribution in [1.82, 2.24) is 0 Å². The standard InChI is InChI=1S/C44H28O5/c45-40-39(41(46)43(48)44(49)42(40)47)38-33-15-7-5-13-31(33)36(32-14-6-8-16-34(32)38)26-20-17-25(18-21-26)35-23-27-22-19-24-9-1-2-10-28(24)37(27)30-12-4-3-11-29(30)35/h1-23,45-49H. The number of hydrogen-bond acceptors (Lipinski definition) is 5.